The Morgan fingerprint density at radius 1 is 1.20 bits per heavy atom. The highest BCUT2D eigenvalue weighted by Crippen LogP contribution is 2.31. The van der Waals surface area contributed by atoms with Crippen LogP contribution in [0.4, 0.5) is 0 Å². The number of hydrogen-bond acceptors (Lipinski definition) is 5. The number of sulfonamides is 1. The lowest BCUT2D eigenvalue weighted by Crippen LogP contribution is -2.51. The van der Waals surface area contributed by atoms with Crippen LogP contribution in [0.5, 0.6) is 5.75 Å². The Kier molecular flexibility index (Phi) is 8.22. The number of aryl methyl sites for hydroxylation is 1. The second-order valence-electron chi connectivity index (χ2n) is 9.47. The number of carbonyl (C=O) groups is 1. The molecule has 0 aliphatic carbocycles. The van der Waals surface area contributed by atoms with Gasteiger partial charge in [0, 0.05) is 18.7 Å². The summed E-state index contributed by atoms with van der Waals surface area (Å²) in [6.07, 6.45) is 1.93. The standard InChI is InChI=1S/C26H36N4O4S/c1-16-9-11-30(12-10-16)26(31)22(15-20-7-6-8-21(14-20)25(27)28)29-35(32,33)24-17(2)13-23(34-5)18(3)19(24)4/h6-8,13-14,16,22,29H,9-12,15H2,1-5H3,(H3,27,28)/t22-/m0/s1. The minimum absolute atomic E-state index is 0.0831. The lowest BCUT2D eigenvalue weighted by molar-refractivity contribution is -0.134. The van der Waals surface area contributed by atoms with E-state index in [1.165, 1.54) is 0 Å². The SMILES string of the molecule is COc1cc(C)c(S(=O)(=O)N[C@@H](Cc2cccc(C(=N)N)c2)C(=O)N2CCC(C)CC2)c(C)c1C. The summed E-state index contributed by atoms with van der Waals surface area (Å²) in [4.78, 5) is 15.5. The van der Waals surface area contributed by atoms with Crippen molar-refractivity contribution in [3.05, 3.63) is 58.1 Å². The number of nitrogens with one attached hydrogen (secondary N) is 2. The van der Waals surface area contributed by atoms with Crippen LogP contribution in [-0.2, 0) is 21.2 Å². The molecule has 2 aromatic carbocycles. The van der Waals surface area contributed by atoms with Gasteiger partial charge in [-0.1, -0.05) is 25.1 Å². The minimum Gasteiger partial charge on any atom is -0.496 e. The number of rotatable bonds is 8. The molecule has 9 heteroatoms. The molecule has 2 aromatic rings. The molecule has 1 amide bonds. The van der Waals surface area contributed by atoms with Crippen molar-refractivity contribution >= 4 is 21.8 Å². The highest BCUT2D eigenvalue weighted by Gasteiger charge is 2.33. The van der Waals surface area contributed by atoms with Crippen LogP contribution in [0.2, 0.25) is 0 Å². The first-order chi connectivity index (χ1) is 16.4. The van der Waals surface area contributed by atoms with E-state index >= 15 is 0 Å². The third-order valence-corrected chi connectivity index (χ3v) is 8.60. The van der Waals surface area contributed by atoms with Crippen molar-refractivity contribution in [3.8, 4) is 5.75 Å². The van der Waals surface area contributed by atoms with Gasteiger partial charge >= 0.3 is 0 Å². The molecule has 0 saturated carbocycles. The number of nitrogens with zero attached hydrogens (tertiary/aromatic N) is 1. The van der Waals surface area contributed by atoms with E-state index in [0.717, 1.165) is 24.0 Å². The first kappa shape index (κ1) is 26.7. The van der Waals surface area contributed by atoms with Crippen molar-refractivity contribution in [2.75, 3.05) is 20.2 Å². The molecule has 8 nitrogen and oxygen atoms in total. The van der Waals surface area contributed by atoms with Crippen LogP contribution in [0.25, 0.3) is 0 Å². The molecule has 0 radical (unpaired) electrons. The highest BCUT2D eigenvalue weighted by atomic mass is 32.2. The van der Waals surface area contributed by atoms with Crippen LogP contribution >= 0.6 is 0 Å². The Morgan fingerprint density at radius 3 is 2.46 bits per heavy atom. The Morgan fingerprint density at radius 2 is 1.86 bits per heavy atom. The summed E-state index contributed by atoms with van der Waals surface area (Å²) in [7, 11) is -2.48. The molecule has 1 aliphatic rings. The lowest BCUT2D eigenvalue weighted by Gasteiger charge is -2.33. The minimum atomic E-state index is -4.03. The predicted octanol–water partition coefficient (Wildman–Crippen LogP) is 3.05. The lowest BCUT2D eigenvalue weighted by atomic mass is 9.97. The average molecular weight is 501 g/mol. The van der Waals surface area contributed by atoms with Gasteiger partial charge in [-0.15, -0.1) is 0 Å². The molecule has 0 bridgehead atoms. The smallest absolute Gasteiger partial charge is 0.241 e. The molecule has 0 aromatic heterocycles. The van der Waals surface area contributed by atoms with Crippen LogP contribution in [0, 0.1) is 32.1 Å². The van der Waals surface area contributed by atoms with E-state index in [-0.39, 0.29) is 23.1 Å². The van der Waals surface area contributed by atoms with Gasteiger partial charge in [-0.25, -0.2) is 8.42 Å². The Hall–Kier alpha value is -2.91. The zero-order valence-corrected chi connectivity index (χ0v) is 22.0. The largest absolute Gasteiger partial charge is 0.496 e. The Balaban J connectivity index is 1.99. The summed E-state index contributed by atoms with van der Waals surface area (Å²) in [6, 6.07) is 7.72. The zero-order chi connectivity index (χ0) is 25.9. The summed E-state index contributed by atoms with van der Waals surface area (Å²) in [6.45, 7) is 8.66. The summed E-state index contributed by atoms with van der Waals surface area (Å²) in [5, 5.41) is 7.72. The quantitative estimate of drug-likeness (QED) is 0.379. The summed E-state index contributed by atoms with van der Waals surface area (Å²) in [5.74, 6) is 0.832. The fraction of sp³-hybridized carbons (Fsp3) is 0.462. The van der Waals surface area contributed by atoms with Gasteiger partial charge in [0.05, 0.1) is 12.0 Å². The van der Waals surface area contributed by atoms with Crippen LogP contribution < -0.4 is 15.2 Å². The molecule has 1 saturated heterocycles. The number of methoxy groups -OCH3 is 1. The Labute approximate surface area is 208 Å². The van der Waals surface area contributed by atoms with Gasteiger partial charge in [-0.3, -0.25) is 10.2 Å². The van der Waals surface area contributed by atoms with Gasteiger partial charge in [-0.05, 0) is 80.3 Å². The van der Waals surface area contributed by atoms with Crippen molar-refractivity contribution in [2.45, 2.75) is 57.9 Å². The Bertz CT molecular complexity index is 1220. The van der Waals surface area contributed by atoms with Gasteiger partial charge < -0.3 is 15.4 Å². The maximum absolute atomic E-state index is 13.7. The van der Waals surface area contributed by atoms with Gasteiger partial charge in [0.2, 0.25) is 15.9 Å². The molecule has 0 unspecified atom stereocenters. The third-order valence-electron chi connectivity index (χ3n) is 6.84. The number of carbonyl (C=O) groups excluding carboxylic acids is 1. The highest BCUT2D eigenvalue weighted by molar-refractivity contribution is 7.89. The van der Waals surface area contributed by atoms with Crippen LogP contribution in [-0.4, -0.2) is 51.3 Å². The second-order valence-corrected chi connectivity index (χ2v) is 11.1. The molecular formula is C26H36N4O4S. The summed E-state index contributed by atoms with van der Waals surface area (Å²) >= 11 is 0. The fourth-order valence-corrected chi connectivity index (χ4v) is 6.34. The number of nitrogen functional groups attached to an aromatic ring is 1. The van der Waals surface area contributed by atoms with E-state index in [1.54, 1.807) is 50.1 Å². The van der Waals surface area contributed by atoms with Crippen molar-refractivity contribution in [1.29, 1.82) is 5.41 Å². The first-order valence-corrected chi connectivity index (χ1v) is 13.3. The molecule has 1 aliphatic heterocycles. The first-order valence-electron chi connectivity index (χ1n) is 11.8. The maximum Gasteiger partial charge on any atom is 0.241 e. The molecule has 3 rings (SSSR count). The normalized spacial score (nSPS) is 15.6. The van der Waals surface area contributed by atoms with Crippen molar-refractivity contribution < 1.29 is 17.9 Å². The number of benzene rings is 2. The van der Waals surface area contributed by atoms with E-state index < -0.39 is 16.1 Å². The molecule has 35 heavy (non-hydrogen) atoms. The second kappa shape index (κ2) is 10.8. The van der Waals surface area contributed by atoms with Crippen molar-refractivity contribution in [1.82, 2.24) is 9.62 Å². The molecule has 190 valence electrons. The van der Waals surface area contributed by atoms with E-state index in [9.17, 15) is 13.2 Å². The molecule has 1 heterocycles. The van der Waals surface area contributed by atoms with Crippen LogP contribution in [0.15, 0.2) is 35.2 Å². The van der Waals surface area contributed by atoms with Gasteiger partial charge in [-0.2, -0.15) is 4.72 Å². The van der Waals surface area contributed by atoms with Gasteiger partial charge in [0.1, 0.15) is 17.6 Å². The molecule has 1 fully saturated rings. The number of ether oxygens (including phenoxy) is 1. The molecular weight excluding hydrogens is 464 g/mol. The third kappa shape index (κ3) is 6.02. The van der Waals surface area contributed by atoms with Crippen molar-refractivity contribution in [3.63, 3.8) is 0 Å². The van der Waals surface area contributed by atoms with E-state index in [4.69, 9.17) is 15.9 Å². The average Bonchev–Trinajstić information content (AvgIpc) is 2.81. The number of amidine groups is 1. The van der Waals surface area contributed by atoms with Crippen molar-refractivity contribution in [2.24, 2.45) is 11.7 Å². The van der Waals surface area contributed by atoms with E-state index in [2.05, 4.69) is 11.6 Å². The van der Waals surface area contributed by atoms with E-state index in [0.29, 0.717) is 41.4 Å². The number of likely N-dealkylation sites (tertiary alicyclic amines) is 1. The van der Waals surface area contributed by atoms with Crippen LogP contribution in [0.3, 0.4) is 0 Å². The summed E-state index contributed by atoms with van der Waals surface area (Å²) < 4.78 is 35.4. The molecule has 1 atom stereocenters. The van der Waals surface area contributed by atoms with Gasteiger partial charge in [0.15, 0.2) is 0 Å². The number of nitrogens with two attached hydrogens (primary N) is 1. The number of amides is 1. The van der Waals surface area contributed by atoms with Gasteiger partial charge in [0.25, 0.3) is 0 Å². The monoisotopic (exact) mass is 500 g/mol. The molecule has 4 N–H and O–H groups in total. The fourth-order valence-electron chi connectivity index (χ4n) is 4.62. The number of hydrogen-bond donors (Lipinski definition) is 3. The zero-order valence-electron chi connectivity index (χ0n) is 21.1. The maximum atomic E-state index is 13.7. The van der Waals surface area contributed by atoms with Crippen LogP contribution in [0.1, 0.15) is 47.6 Å². The van der Waals surface area contributed by atoms with E-state index in [1.807, 2.05) is 13.0 Å². The topological polar surface area (TPSA) is 126 Å². The predicted molar refractivity (Wildman–Crippen MR) is 137 cm³/mol. The number of piperidine rings is 1. The summed E-state index contributed by atoms with van der Waals surface area (Å²) in [5.41, 5.74) is 8.77. The molecule has 0 spiro atoms.